The van der Waals surface area contributed by atoms with E-state index in [2.05, 4.69) is 17.6 Å². The van der Waals surface area contributed by atoms with Gasteiger partial charge in [-0.15, -0.1) is 0 Å². The minimum atomic E-state index is -0.124. The minimum Gasteiger partial charge on any atom is -0.486 e. The number of hydrogen-bond donors (Lipinski definition) is 2. The first-order chi connectivity index (χ1) is 10.3. The molecule has 0 fully saturated rings. The van der Waals surface area contributed by atoms with Gasteiger partial charge in [0, 0.05) is 13.1 Å². The van der Waals surface area contributed by atoms with E-state index in [0.29, 0.717) is 19.8 Å². The number of benzene rings is 1. The standard InChI is InChI=1S/C16H24N2O3/c1-2-3-4-5-8-17-16(19)18-12-13-6-7-14-15(11-13)21-10-9-20-14/h6-7,11H,2-5,8-10,12H2,1H3,(H2,17,18,19). The molecule has 116 valence electrons. The number of amides is 2. The van der Waals surface area contributed by atoms with Crippen molar-refractivity contribution in [3.8, 4) is 11.5 Å². The molecule has 1 aliphatic rings. The largest absolute Gasteiger partial charge is 0.486 e. The first-order valence-electron chi connectivity index (χ1n) is 7.70. The van der Waals surface area contributed by atoms with Crippen LogP contribution < -0.4 is 20.1 Å². The van der Waals surface area contributed by atoms with Crippen molar-refractivity contribution in [2.45, 2.75) is 39.2 Å². The van der Waals surface area contributed by atoms with Crippen molar-refractivity contribution in [1.82, 2.24) is 10.6 Å². The van der Waals surface area contributed by atoms with Crippen LogP contribution >= 0.6 is 0 Å². The average Bonchev–Trinajstić information content (AvgIpc) is 2.52. The minimum absolute atomic E-state index is 0.124. The van der Waals surface area contributed by atoms with Gasteiger partial charge in [-0.2, -0.15) is 0 Å². The molecule has 1 aromatic rings. The number of rotatable bonds is 7. The molecule has 0 saturated carbocycles. The second kappa shape index (κ2) is 8.39. The molecule has 1 aromatic carbocycles. The van der Waals surface area contributed by atoms with Crippen molar-refractivity contribution >= 4 is 6.03 Å². The summed E-state index contributed by atoms with van der Waals surface area (Å²) in [5.41, 5.74) is 1.00. The van der Waals surface area contributed by atoms with E-state index < -0.39 is 0 Å². The van der Waals surface area contributed by atoms with Crippen molar-refractivity contribution in [3.05, 3.63) is 23.8 Å². The maximum atomic E-state index is 11.7. The van der Waals surface area contributed by atoms with E-state index in [1.165, 1.54) is 19.3 Å². The third-order valence-corrected chi connectivity index (χ3v) is 3.38. The van der Waals surface area contributed by atoms with Crippen molar-refractivity contribution in [3.63, 3.8) is 0 Å². The van der Waals surface area contributed by atoms with Gasteiger partial charge in [0.05, 0.1) is 0 Å². The second-order valence-corrected chi connectivity index (χ2v) is 5.15. The molecule has 0 saturated heterocycles. The zero-order chi connectivity index (χ0) is 14.9. The normalized spacial score (nSPS) is 12.8. The van der Waals surface area contributed by atoms with Gasteiger partial charge in [0.1, 0.15) is 13.2 Å². The average molecular weight is 292 g/mol. The molecule has 0 atom stereocenters. The summed E-state index contributed by atoms with van der Waals surface area (Å²) < 4.78 is 11.0. The topological polar surface area (TPSA) is 59.6 Å². The molecule has 2 amide bonds. The molecule has 0 unspecified atom stereocenters. The fraction of sp³-hybridized carbons (Fsp3) is 0.562. The Balaban J connectivity index is 1.69. The lowest BCUT2D eigenvalue weighted by molar-refractivity contribution is 0.171. The van der Waals surface area contributed by atoms with Gasteiger partial charge < -0.3 is 20.1 Å². The highest BCUT2D eigenvalue weighted by Gasteiger charge is 2.11. The quantitative estimate of drug-likeness (QED) is 0.760. The lowest BCUT2D eigenvalue weighted by atomic mass is 10.2. The summed E-state index contributed by atoms with van der Waals surface area (Å²) in [4.78, 5) is 11.7. The molecule has 5 heteroatoms. The van der Waals surface area contributed by atoms with Crippen LogP contribution in [0.25, 0.3) is 0 Å². The molecule has 1 heterocycles. The molecular weight excluding hydrogens is 268 g/mol. The molecule has 0 aliphatic carbocycles. The molecule has 5 nitrogen and oxygen atoms in total. The van der Waals surface area contributed by atoms with Gasteiger partial charge in [0.2, 0.25) is 0 Å². The Hall–Kier alpha value is -1.91. The lowest BCUT2D eigenvalue weighted by Gasteiger charge is -2.19. The van der Waals surface area contributed by atoms with Crippen LogP contribution in [0.1, 0.15) is 38.2 Å². The number of carbonyl (C=O) groups excluding carboxylic acids is 1. The monoisotopic (exact) mass is 292 g/mol. The van der Waals surface area contributed by atoms with Gasteiger partial charge in [0.15, 0.2) is 11.5 Å². The summed E-state index contributed by atoms with van der Waals surface area (Å²) in [5, 5.41) is 5.72. The Bertz CT molecular complexity index is 463. The van der Waals surface area contributed by atoms with Crippen LogP contribution in [0.4, 0.5) is 4.79 Å². The summed E-state index contributed by atoms with van der Waals surface area (Å²) in [5.74, 6) is 1.52. The van der Waals surface area contributed by atoms with Crippen molar-refractivity contribution in [2.75, 3.05) is 19.8 Å². The summed E-state index contributed by atoms with van der Waals surface area (Å²) in [6.07, 6.45) is 4.63. The lowest BCUT2D eigenvalue weighted by Crippen LogP contribution is -2.35. The first kappa shape index (κ1) is 15.5. The number of hydrogen-bond acceptors (Lipinski definition) is 3. The van der Waals surface area contributed by atoms with Crippen LogP contribution in [0.3, 0.4) is 0 Å². The predicted octanol–water partition coefficient (Wildman–Crippen LogP) is 2.84. The highest BCUT2D eigenvalue weighted by Crippen LogP contribution is 2.30. The van der Waals surface area contributed by atoms with E-state index in [1.807, 2.05) is 18.2 Å². The molecule has 2 rings (SSSR count). The Labute approximate surface area is 126 Å². The first-order valence-corrected chi connectivity index (χ1v) is 7.70. The number of unbranched alkanes of at least 4 members (excludes halogenated alkanes) is 3. The van der Waals surface area contributed by atoms with Crippen molar-refractivity contribution < 1.29 is 14.3 Å². The Morgan fingerprint density at radius 2 is 1.90 bits per heavy atom. The Morgan fingerprint density at radius 1 is 1.10 bits per heavy atom. The van der Waals surface area contributed by atoms with Crippen molar-refractivity contribution in [2.24, 2.45) is 0 Å². The van der Waals surface area contributed by atoms with E-state index in [0.717, 1.165) is 30.0 Å². The fourth-order valence-corrected chi connectivity index (χ4v) is 2.20. The van der Waals surface area contributed by atoms with Crippen LogP contribution in [0.15, 0.2) is 18.2 Å². The summed E-state index contributed by atoms with van der Waals surface area (Å²) in [7, 11) is 0. The zero-order valence-electron chi connectivity index (χ0n) is 12.6. The predicted molar refractivity (Wildman–Crippen MR) is 81.8 cm³/mol. The smallest absolute Gasteiger partial charge is 0.315 e. The van der Waals surface area contributed by atoms with Gasteiger partial charge in [-0.3, -0.25) is 0 Å². The van der Waals surface area contributed by atoms with Crippen LogP contribution in [-0.4, -0.2) is 25.8 Å². The SMILES string of the molecule is CCCCCCNC(=O)NCc1ccc2c(c1)OCCO2. The van der Waals surface area contributed by atoms with E-state index in [4.69, 9.17) is 9.47 Å². The molecule has 2 N–H and O–H groups in total. The fourth-order valence-electron chi connectivity index (χ4n) is 2.20. The maximum Gasteiger partial charge on any atom is 0.315 e. The molecule has 21 heavy (non-hydrogen) atoms. The van der Waals surface area contributed by atoms with Gasteiger partial charge in [0.25, 0.3) is 0 Å². The highest BCUT2D eigenvalue weighted by molar-refractivity contribution is 5.73. The Morgan fingerprint density at radius 3 is 2.71 bits per heavy atom. The van der Waals surface area contributed by atoms with Gasteiger partial charge in [-0.25, -0.2) is 4.79 Å². The molecule has 0 bridgehead atoms. The van der Waals surface area contributed by atoms with Crippen LogP contribution in [0, 0.1) is 0 Å². The number of urea groups is 1. The number of fused-ring (bicyclic) bond motifs is 1. The summed E-state index contributed by atoms with van der Waals surface area (Å²) in [6.45, 7) is 4.55. The molecule has 0 radical (unpaired) electrons. The number of nitrogens with one attached hydrogen (secondary N) is 2. The second-order valence-electron chi connectivity index (χ2n) is 5.15. The van der Waals surface area contributed by atoms with Gasteiger partial charge in [-0.05, 0) is 24.1 Å². The molecule has 1 aliphatic heterocycles. The van der Waals surface area contributed by atoms with Crippen LogP contribution in [0.2, 0.25) is 0 Å². The third-order valence-electron chi connectivity index (χ3n) is 3.38. The van der Waals surface area contributed by atoms with Gasteiger partial charge in [-0.1, -0.05) is 32.3 Å². The van der Waals surface area contributed by atoms with Crippen LogP contribution in [0.5, 0.6) is 11.5 Å². The Kier molecular flexibility index (Phi) is 6.19. The summed E-state index contributed by atoms with van der Waals surface area (Å²) in [6, 6.07) is 5.61. The maximum absolute atomic E-state index is 11.7. The van der Waals surface area contributed by atoms with E-state index in [-0.39, 0.29) is 6.03 Å². The number of carbonyl (C=O) groups is 1. The summed E-state index contributed by atoms with van der Waals surface area (Å²) >= 11 is 0. The molecule has 0 spiro atoms. The van der Waals surface area contributed by atoms with E-state index in [9.17, 15) is 4.79 Å². The van der Waals surface area contributed by atoms with E-state index >= 15 is 0 Å². The number of ether oxygens (including phenoxy) is 2. The molecular formula is C16H24N2O3. The van der Waals surface area contributed by atoms with Gasteiger partial charge >= 0.3 is 6.03 Å². The third kappa shape index (κ3) is 5.17. The van der Waals surface area contributed by atoms with E-state index in [1.54, 1.807) is 0 Å². The zero-order valence-corrected chi connectivity index (χ0v) is 12.6. The molecule has 0 aromatic heterocycles. The van der Waals surface area contributed by atoms with Crippen LogP contribution in [-0.2, 0) is 6.54 Å². The highest BCUT2D eigenvalue weighted by atomic mass is 16.6. The van der Waals surface area contributed by atoms with Crippen molar-refractivity contribution in [1.29, 1.82) is 0 Å².